The molecule has 0 aliphatic rings. The summed E-state index contributed by atoms with van der Waals surface area (Å²) in [6.07, 6.45) is 0. The number of benzene rings is 2. The molecule has 9 heteroatoms. The number of hydrogen-bond acceptors (Lipinski definition) is 5. The number of primary amides is 2. The SMILES string of the molecule is CC(NNC(N)=O)c1ccc(Oc2ccc(C(C)NNC(N)=O)cc2)cc1. The predicted molar refractivity (Wildman–Crippen MR) is 101 cm³/mol. The first-order chi connectivity index (χ1) is 12.8. The Balaban J connectivity index is 1.93. The Kier molecular flexibility index (Phi) is 6.98. The second-order valence-corrected chi connectivity index (χ2v) is 5.95. The number of nitrogens with one attached hydrogen (secondary N) is 4. The zero-order chi connectivity index (χ0) is 19.8. The van der Waals surface area contributed by atoms with Crippen LogP contribution in [0, 0.1) is 0 Å². The Hall–Kier alpha value is -3.30. The Morgan fingerprint density at radius 2 is 1.07 bits per heavy atom. The van der Waals surface area contributed by atoms with Crippen LogP contribution in [-0.4, -0.2) is 12.1 Å². The fourth-order valence-electron chi connectivity index (χ4n) is 2.31. The normalized spacial score (nSPS) is 12.7. The van der Waals surface area contributed by atoms with E-state index in [-0.39, 0.29) is 12.1 Å². The third-order valence-corrected chi connectivity index (χ3v) is 3.82. The smallest absolute Gasteiger partial charge is 0.326 e. The van der Waals surface area contributed by atoms with Gasteiger partial charge >= 0.3 is 12.1 Å². The van der Waals surface area contributed by atoms with Crippen molar-refractivity contribution >= 4 is 12.1 Å². The molecule has 0 heterocycles. The molecule has 0 aromatic heterocycles. The summed E-state index contributed by atoms with van der Waals surface area (Å²) in [4.78, 5) is 21.5. The number of urea groups is 2. The molecule has 27 heavy (non-hydrogen) atoms. The van der Waals surface area contributed by atoms with Gasteiger partial charge in [-0.15, -0.1) is 0 Å². The molecule has 2 aromatic carbocycles. The van der Waals surface area contributed by atoms with E-state index < -0.39 is 12.1 Å². The molecule has 8 N–H and O–H groups in total. The average molecular weight is 372 g/mol. The lowest BCUT2D eigenvalue weighted by Crippen LogP contribution is -2.42. The highest BCUT2D eigenvalue weighted by Gasteiger charge is 2.08. The van der Waals surface area contributed by atoms with Crippen LogP contribution in [0.3, 0.4) is 0 Å². The van der Waals surface area contributed by atoms with Crippen LogP contribution in [0.5, 0.6) is 11.5 Å². The Morgan fingerprint density at radius 3 is 1.37 bits per heavy atom. The maximum absolute atomic E-state index is 10.7. The van der Waals surface area contributed by atoms with Crippen molar-refractivity contribution in [2.24, 2.45) is 11.5 Å². The molecule has 144 valence electrons. The minimum Gasteiger partial charge on any atom is -0.457 e. The molecule has 4 amide bonds. The lowest BCUT2D eigenvalue weighted by Gasteiger charge is -2.15. The number of hydrazine groups is 2. The zero-order valence-corrected chi connectivity index (χ0v) is 15.2. The third kappa shape index (κ3) is 6.49. The van der Waals surface area contributed by atoms with Crippen LogP contribution in [0.1, 0.15) is 37.1 Å². The van der Waals surface area contributed by atoms with Gasteiger partial charge in [-0.2, -0.15) is 0 Å². The van der Waals surface area contributed by atoms with E-state index in [1.54, 1.807) is 0 Å². The number of ether oxygens (including phenoxy) is 1. The van der Waals surface area contributed by atoms with Crippen molar-refractivity contribution in [1.29, 1.82) is 0 Å². The molecule has 0 radical (unpaired) electrons. The molecule has 0 saturated heterocycles. The summed E-state index contributed by atoms with van der Waals surface area (Å²) >= 11 is 0. The Bertz CT molecular complexity index is 698. The summed E-state index contributed by atoms with van der Waals surface area (Å²) in [5.41, 5.74) is 22.3. The first-order valence-corrected chi connectivity index (χ1v) is 8.35. The van der Waals surface area contributed by atoms with Crippen molar-refractivity contribution in [2.75, 3.05) is 0 Å². The van der Waals surface area contributed by atoms with Gasteiger partial charge < -0.3 is 16.2 Å². The van der Waals surface area contributed by atoms with Crippen molar-refractivity contribution in [3.8, 4) is 11.5 Å². The molecule has 0 aliphatic heterocycles. The van der Waals surface area contributed by atoms with Gasteiger partial charge in [-0.3, -0.25) is 10.9 Å². The first kappa shape index (κ1) is 20.0. The zero-order valence-electron chi connectivity index (χ0n) is 15.2. The molecule has 2 rings (SSSR count). The standard InChI is InChI=1S/C18H24N6O3/c1-11(21-23-17(19)25)13-3-7-15(8-4-13)27-16-9-5-14(6-10-16)12(2)22-24-18(20)26/h3-12,21-22H,1-2H3,(H3,19,23,25)(H3,20,24,26). The van der Waals surface area contributed by atoms with Crippen molar-refractivity contribution < 1.29 is 14.3 Å². The molecule has 0 aliphatic carbocycles. The van der Waals surface area contributed by atoms with Crippen LogP contribution in [0.25, 0.3) is 0 Å². The monoisotopic (exact) mass is 372 g/mol. The largest absolute Gasteiger partial charge is 0.457 e. The topological polar surface area (TPSA) is 144 Å². The molecule has 0 fully saturated rings. The Morgan fingerprint density at radius 1 is 0.741 bits per heavy atom. The van der Waals surface area contributed by atoms with Gasteiger partial charge in [-0.1, -0.05) is 24.3 Å². The van der Waals surface area contributed by atoms with E-state index in [9.17, 15) is 9.59 Å². The highest BCUT2D eigenvalue weighted by Crippen LogP contribution is 2.24. The van der Waals surface area contributed by atoms with E-state index in [0.717, 1.165) is 11.1 Å². The lowest BCUT2D eigenvalue weighted by molar-refractivity contribution is 0.242. The Labute approximate surface area is 157 Å². The number of amides is 4. The van der Waals surface area contributed by atoms with E-state index in [0.29, 0.717) is 11.5 Å². The van der Waals surface area contributed by atoms with Gasteiger partial charge in [-0.05, 0) is 49.2 Å². The molecule has 9 nitrogen and oxygen atoms in total. The maximum atomic E-state index is 10.7. The number of carbonyl (C=O) groups is 2. The van der Waals surface area contributed by atoms with Crippen LogP contribution in [-0.2, 0) is 0 Å². The van der Waals surface area contributed by atoms with Crippen molar-refractivity contribution in [3.05, 3.63) is 59.7 Å². The predicted octanol–water partition coefficient (Wildman–Crippen LogP) is 1.95. The number of hydrogen-bond donors (Lipinski definition) is 6. The average Bonchev–Trinajstić information content (AvgIpc) is 2.65. The highest BCUT2D eigenvalue weighted by atomic mass is 16.5. The molecule has 2 atom stereocenters. The summed E-state index contributed by atoms with van der Waals surface area (Å²) < 4.78 is 5.82. The summed E-state index contributed by atoms with van der Waals surface area (Å²) in [5.74, 6) is 1.37. The summed E-state index contributed by atoms with van der Waals surface area (Å²) in [6.45, 7) is 3.79. The van der Waals surface area contributed by atoms with Gasteiger partial charge in [0.2, 0.25) is 0 Å². The van der Waals surface area contributed by atoms with E-state index in [1.165, 1.54) is 0 Å². The van der Waals surface area contributed by atoms with Crippen molar-refractivity contribution in [1.82, 2.24) is 21.7 Å². The van der Waals surface area contributed by atoms with E-state index in [2.05, 4.69) is 21.7 Å². The number of nitrogens with two attached hydrogens (primary N) is 2. The second kappa shape index (κ2) is 9.41. The summed E-state index contributed by atoms with van der Waals surface area (Å²) in [7, 11) is 0. The van der Waals surface area contributed by atoms with Gasteiger partial charge in [0.15, 0.2) is 0 Å². The van der Waals surface area contributed by atoms with Crippen LogP contribution < -0.4 is 37.9 Å². The van der Waals surface area contributed by atoms with Crippen LogP contribution in [0.15, 0.2) is 48.5 Å². The third-order valence-electron chi connectivity index (χ3n) is 3.82. The van der Waals surface area contributed by atoms with Gasteiger partial charge in [0, 0.05) is 12.1 Å². The molecule has 0 saturated carbocycles. The molecule has 2 aromatic rings. The molecular weight excluding hydrogens is 348 g/mol. The molecule has 0 spiro atoms. The van der Waals surface area contributed by atoms with E-state index in [1.807, 2.05) is 62.4 Å². The van der Waals surface area contributed by atoms with Crippen molar-refractivity contribution in [3.63, 3.8) is 0 Å². The van der Waals surface area contributed by atoms with E-state index >= 15 is 0 Å². The fraction of sp³-hybridized carbons (Fsp3) is 0.222. The summed E-state index contributed by atoms with van der Waals surface area (Å²) in [6, 6.07) is 13.5. The minimum atomic E-state index is -0.639. The van der Waals surface area contributed by atoms with Gasteiger partial charge in [0.05, 0.1) is 0 Å². The van der Waals surface area contributed by atoms with Gasteiger partial charge in [-0.25, -0.2) is 20.4 Å². The van der Waals surface area contributed by atoms with Crippen LogP contribution in [0.4, 0.5) is 9.59 Å². The quantitative estimate of drug-likeness (QED) is 0.393. The molecule has 2 unspecified atom stereocenters. The highest BCUT2D eigenvalue weighted by molar-refractivity contribution is 5.71. The van der Waals surface area contributed by atoms with Crippen molar-refractivity contribution in [2.45, 2.75) is 25.9 Å². The van der Waals surface area contributed by atoms with E-state index in [4.69, 9.17) is 16.2 Å². The number of carbonyl (C=O) groups excluding carboxylic acids is 2. The van der Waals surface area contributed by atoms with Gasteiger partial charge in [0.25, 0.3) is 0 Å². The van der Waals surface area contributed by atoms with Gasteiger partial charge in [0.1, 0.15) is 11.5 Å². The molecular formula is C18H24N6O3. The lowest BCUT2D eigenvalue weighted by atomic mass is 10.1. The second-order valence-electron chi connectivity index (χ2n) is 5.95. The number of rotatable bonds is 8. The van der Waals surface area contributed by atoms with Crippen LogP contribution in [0.2, 0.25) is 0 Å². The van der Waals surface area contributed by atoms with Crippen LogP contribution >= 0.6 is 0 Å². The minimum absolute atomic E-state index is 0.103. The maximum Gasteiger partial charge on any atom is 0.326 e. The summed E-state index contributed by atoms with van der Waals surface area (Å²) in [5, 5.41) is 0. The molecule has 0 bridgehead atoms. The fourth-order valence-corrected chi connectivity index (χ4v) is 2.31. The first-order valence-electron chi connectivity index (χ1n) is 8.35.